The van der Waals surface area contributed by atoms with Gasteiger partial charge < -0.3 is 15.2 Å². The number of hydrogen-bond acceptors (Lipinski definition) is 3. The maximum atomic E-state index is 8.67. The van der Waals surface area contributed by atoms with E-state index in [1.807, 2.05) is 0 Å². The standard InChI is InChI=1S/C15H23NO2/c17-10-2-1-8-16-9-7-13-5-6-15-14(12-13)4-3-11-18-15/h5-6,12,16-17H,1-4,7-11H2. The zero-order chi connectivity index (χ0) is 12.6. The molecule has 0 unspecified atom stereocenters. The molecule has 1 heterocycles. The van der Waals surface area contributed by atoms with Gasteiger partial charge in [-0.1, -0.05) is 12.1 Å². The van der Waals surface area contributed by atoms with Crippen molar-refractivity contribution in [1.29, 1.82) is 0 Å². The number of rotatable bonds is 7. The van der Waals surface area contributed by atoms with Gasteiger partial charge in [0, 0.05) is 6.61 Å². The van der Waals surface area contributed by atoms with Gasteiger partial charge in [-0.05, 0) is 62.4 Å². The van der Waals surface area contributed by atoms with Crippen molar-refractivity contribution < 1.29 is 9.84 Å². The van der Waals surface area contributed by atoms with Gasteiger partial charge >= 0.3 is 0 Å². The molecule has 0 amide bonds. The normalized spacial score (nSPS) is 14.1. The fourth-order valence-electron chi connectivity index (χ4n) is 2.29. The van der Waals surface area contributed by atoms with E-state index in [0.717, 1.165) is 57.6 Å². The minimum Gasteiger partial charge on any atom is -0.493 e. The van der Waals surface area contributed by atoms with Crippen LogP contribution in [0.1, 0.15) is 30.4 Å². The summed E-state index contributed by atoms with van der Waals surface area (Å²) in [7, 11) is 0. The van der Waals surface area contributed by atoms with E-state index in [1.54, 1.807) is 0 Å². The lowest BCUT2D eigenvalue weighted by Crippen LogP contribution is -2.19. The lowest BCUT2D eigenvalue weighted by Gasteiger charge is -2.17. The van der Waals surface area contributed by atoms with Gasteiger partial charge in [0.05, 0.1) is 6.61 Å². The van der Waals surface area contributed by atoms with Gasteiger partial charge in [-0.2, -0.15) is 0 Å². The van der Waals surface area contributed by atoms with Crippen LogP contribution in [0.25, 0.3) is 0 Å². The van der Waals surface area contributed by atoms with Gasteiger partial charge in [0.2, 0.25) is 0 Å². The van der Waals surface area contributed by atoms with E-state index in [4.69, 9.17) is 9.84 Å². The Labute approximate surface area is 109 Å². The molecule has 18 heavy (non-hydrogen) atoms. The minimum atomic E-state index is 0.298. The van der Waals surface area contributed by atoms with Crippen molar-refractivity contribution in [2.45, 2.75) is 32.1 Å². The fraction of sp³-hybridized carbons (Fsp3) is 0.600. The smallest absolute Gasteiger partial charge is 0.122 e. The molecule has 0 atom stereocenters. The predicted octanol–water partition coefficient (Wildman–Crippen LogP) is 1.92. The first-order valence-corrected chi connectivity index (χ1v) is 6.96. The number of aryl methyl sites for hydroxylation is 1. The molecule has 3 nitrogen and oxygen atoms in total. The van der Waals surface area contributed by atoms with Gasteiger partial charge in [-0.3, -0.25) is 0 Å². The lowest BCUT2D eigenvalue weighted by atomic mass is 10.0. The maximum absolute atomic E-state index is 8.67. The van der Waals surface area contributed by atoms with E-state index in [1.165, 1.54) is 11.1 Å². The van der Waals surface area contributed by atoms with Crippen LogP contribution in [0.5, 0.6) is 5.75 Å². The molecule has 0 aliphatic carbocycles. The SMILES string of the molecule is OCCCCNCCc1ccc2c(c1)CCCO2. The molecule has 0 saturated heterocycles. The van der Waals surface area contributed by atoms with Crippen molar-refractivity contribution in [3.63, 3.8) is 0 Å². The van der Waals surface area contributed by atoms with Crippen molar-refractivity contribution in [2.75, 3.05) is 26.3 Å². The van der Waals surface area contributed by atoms with Crippen LogP contribution in [-0.4, -0.2) is 31.4 Å². The monoisotopic (exact) mass is 249 g/mol. The summed E-state index contributed by atoms with van der Waals surface area (Å²) in [6.45, 7) is 3.16. The van der Waals surface area contributed by atoms with Gasteiger partial charge in [0.25, 0.3) is 0 Å². The molecule has 0 spiro atoms. The van der Waals surface area contributed by atoms with Crippen molar-refractivity contribution in [3.05, 3.63) is 29.3 Å². The summed E-state index contributed by atoms with van der Waals surface area (Å²) in [5.74, 6) is 1.07. The Kier molecular flexibility index (Phi) is 5.49. The first-order valence-electron chi connectivity index (χ1n) is 6.96. The van der Waals surface area contributed by atoms with Crippen LogP contribution in [0.2, 0.25) is 0 Å². The van der Waals surface area contributed by atoms with Gasteiger partial charge in [0.1, 0.15) is 5.75 Å². The van der Waals surface area contributed by atoms with E-state index in [9.17, 15) is 0 Å². The van der Waals surface area contributed by atoms with Crippen LogP contribution in [0, 0.1) is 0 Å². The lowest BCUT2D eigenvalue weighted by molar-refractivity contribution is 0.284. The molecule has 0 bridgehead atoms. The number of benzene rings is 1. The number of unbranched alkanes of at least 4 members (excludes halogenated alkanes) is 1. The molecule has 1 aromatic rings. The summed E-state index contributed by atoms with van der Waals surface area (Å²) < 4.78 is 5.61. The number of nitrogens with one attached hydrogen (secondary N) is 1. The molecule has 1 aliphatic heterocycles. The van der Waals surface area contributed by atoms with Gasteiger partial charge in [-0.15, -0.1) is 0 Å². The number of ether oxygens (including phenoxy) is 1. The maximum Gasteiger partial charge on any atom is 0.122 e. The van der Waals surface area contributed by atoms with Crippen LogP contribution >= 0.6 is 0 Å². The third kappa shape index (κ3) is 4.00. The van der Waals surface area contributed by atoms with E-state index in [-0.39, 0.29) is 0 Å². The highest BCUT2D eigenvalue weighted by atomic mass is 16.5. The zero-order valence-corrected chi connectivity index (χ0v) is 11.0. The first-order chi connectivity index (χ1) is 8.90. The van der Waals surface area contributed by atoms with Gasteiger partial charge in [-0.25, -0.2) is 0 Å². The molecule has 100 valence electrons. The van der Waals surface area contributed by atoms with Crippen molar-refractivity contribution >= 4 is 0 Å². The quantitative estimate of drug-likeness (QED) is 0.725. The van der Waals surface area contributed by atoms with Crippen molar-refractivity contribution in [1.82, 2.24) is 5.32 Å². The van der Waals surface area contributed by atoms with Gasteiger partial charge in [0.15, 0.2) is 0 Å². The summed E-state index contributed by atoms with van der Waals surface area (Å²) >= 11 is 0. The van der Waals surface area contributed by atoms with Crippen LogP contribution in [0.4, 0.5) is 0 Å². The molecule has 3 heteroatoms. The second-order valence-electron chi connectivity index (χ2n) is 4.82. The largest absolute Gasteiger partial charge is 0.493 e. The van der Waals surface area contributed by atoms with E-state index in [0.29, 0.717) is 6.61 Å². The predicted molar refractivity (Wildman–Crippen MR) is 73.2 cm³/mol. The average molecular weight is 249 g/mol. The number of aliphatic hydroxyl groups excluding tert-OH is 1. The van der Waals surface area contributed by atoms with E-state index >= 15 is 0 Å². The molecule has 2 rings (SSSR count). The fourth-order valence-corrected chi connectivity index (χ4v) is 2.29. The Morgan fingerprint density at radius 1 is 1.22 bits per heavy atom. The molecule has 0 aromatic heterocycles. The Balaban J connectivity index is 1.72. The number of aliphatic hydroxyl groups is 1. The summed E-state index contributed by atoms with van der Waals surface area (Å²) in [5, 5.41) is 12.1. The number of hydrogen-bond donors (Lipinski definition) is 2. The third-order valence-electron chi connectivity index (χ3n) is 3.33. The zero-order valence-electron chi connectivity index (χ0n) is 11.0. The molecule has 0 radical (unpaired) electrons. The molecular weight excluding hydrogens is 226 g/mol. The van der Waals surface area contributed by atoms with E-state index < -0.39 is 0 Å². The Morgan fingerprint density at radius 3 is 3.06 bits per heavy atom. The highest BCUT2D eigenvalue weighted by Gasteiger charge is 2.09. The van der Waals surface area contributed by atoms with Crippen LogP contribution in [0.15, 0.2) is 18.2 Å². The minimum absolute atomic E-state index is 0.298. The van der Waals surface area contributed by atoms with E-state index in [2.05, 4.69) is 23.5 Å². The summed E-state index contributed by atoms with van der Waals surface area (Å²) in [4.78, 5) is 0. The molecular formula is C15H23NO2. The third-order valence-corrected chi connectivity index (χ3v) is 3.33. The highest BCUT2D eigenvalue weighted by Crippen LogP contribution is 2.25. The molecule has 0 fully saturated rings. The average Bonchev–Trinajstić information content (AvgIpc) is 2.42. The Hall–Kier alpha value is -1.06. The summed E-state index contributed by atoms with van der Waals surface area (Å²) in [6.07, 6.45) is 5.28. The van der Waals surface area contributed by atoms with Crippen LogP contribution in [-0.2, 0) is 12.8 Å². The van der Waals surface area contributed by atoms with Crippen molar-refractivity contribution in [3.8, 4) is 5.75 Å². The number of fused-ring (bicyclic) bond motifs is 1. The van der Waals surface area contributed by atoms with Crippen LogP contribution in [0.3, 0.4) is 0 Å². The first kappa shape index (κ1) is 13.4. The Bertz CT molecular complexity index is 366. The highest BCUT2D eigenvalue weighted by molar-refractivity contribution is 5.38. The summed E-state index contributed by atoms with van der Waals surface area (Å²) in [6, 6.07) is 6.55. The topological polar surface area (TPSA) is 41.5 Å². The molecule has 1 aromatic carbocycles. The second kappa shape index (κ2) is 7.39. The molecule has 2 N–H and O–H groups in total. The second-order valence-corrected chi connectivity index (χ2v) is 4.82. The van der Waals surface area contributed by atoms with Crippen LogP contribution < -0.4 is 10.1 Å². The van der Waals surface area contributed by atoms with Crippen molar-refractivity contribution in [2.24, 2.45) is 0 Å². The summed E-state index contributed by atoms with van der Waals surface area (Å²) in [5.41, 5.74) is 2.74. The molecule has 0 saturated carbocycles. The molecule has 1 aliphatic rings. The Morgan fingerprint density at radius 2 is 2.17 bits per heavy atom.